The smallest absolute Gasteiger partial charge is 0.222 e. The number of hydrazine groups is 1. The van der Waals surface area contributed by atoms with Crippen LogP contribution in [0, 0.1) is 5.92 Å². The predicted molar refractivity (Wildman–Crippen MR) is 80.5 cm³/mol. The lowest BCUT2D eigenvalue weighted by atomic mass is 9.93. The van der Waals surface area contributed by atoms with Crippen molar-refractivity contribution in [1.29, 1.82) is 0 Å². The molecule has 5 N–H and O–H groups in total. The quantitative estimate of drug-likeness (QED) is 0.557. The fourth-order valence-corrected chi connectivity index (χ4v) is 2.86. The van der Waals surface area contributed by atoms with Crippen LogP contribution in [0.3, 0.4) is 0 Å². The third-order valence-electron chi connectivity index (χ3n) is 4.40. The molecule has 1 aliphatic heterocycles. The summed E-state index contributed by atoms with van der Waals surface area (Å²) in [6.07, 6.45) is 4.04. The molecule has 3 rings (SSSR count). The van der Waals surface area contributed by atoms with E-state index in [4.69, 9.17) is 11.6 Å². The number of hydrogen-bond donors (Lipinski definition) is 3. The molecule has 2 atom stereocenters. The molecule has 0 spiro atoms. The zero-order valence-electron chi connectivity index (χ0n) is 12.2. The van der Waals surface area contributed by atoms with E-state index in [0.717, 1.165) is 37.3 Å². The van der Waals surface area contributed by atoms with Crippen LogP contribution in [-0.2, 0) is 4.79 Å². The van der Waals surface area contributed by atoms with Gasteiger partial charge in [-0.05, 0) is 32.6 Å². The summed E-state index contributed by atoms with van der Waals surface area (Å²) in [7, 11) is 0. The number of carbonyl (C=O) groups excluding carboxylic acids is 1. The highest BCUT2D eigenvalue weighted by Gasteiger charge is 2.32. The highest BCUT2D eigenvalue weighted by Crippen LogP contribution is 2.39. The van der Waals surface area contributed by atoms with Gasteiger partial charge in [-0.1, -0.05) is 0 Å². The maximum atomic E-state index is 11.5. The fraction of sp³-hybridized carbons (Fsp3) is 0.643. The fourth-order valence-electron chi connectivity index (χ4n) is 2.86. The maximum absolute atomic E-state index is 11.5. The molecule has 7 nitrogen and oxygen atoms in total. The molecule has 1 saturated heterocycles. The van der Waals surface area contributed by atoms with Crippen LogP contribution < -0.4 is 21.9 Å². The van der Waals surface area contributed by atoms with E-state index in [0.29, 0.717) is 24.3 Å². The summed E-state index contributed by atoms with van der Waals surface area (Å²) in [4.78, 5) is 22.7. The lowest BCUT2D eigenvalue weighted by Crippen LogP contribution is -2.46. The average Bonchev–Trinajstić information content (AvgIpc) is 3.31. The molecule has 0 aromatic carbocycles. The normalized spacial score (nSPS) is 25.7. The molecule has 2 aliphatic rings. The topological polar surface area (TPSA) is 110 Å². The molecule has 2 fully saturated rings. The van der Waals surface area contributed by atoms with Gasteiger partial charge < -0.3 is 16.1 Å². The molecular weight excluding hydrogens is 268 g/mol. The van der Waals surface area contributed by atoms with Crippen molar-refractivity contribution < 1.29 is 4.79 Å². The van der Waals surface area contributed by atoms with Crippen molar-refractivity contribution in [2.45, 2.75) is 44.6 Å². The Bertz CT molecular complexity index is 544. The zero-order chi connectivity index (χ0) is 15.0. The first-order valence-corrected chi connectivity index (χ1v) is 7.50. The number of nitrogens with zero attached hydrogens (tertiary/aromatic N) is 3. The zero-order valence-corrected chi connectivity index (χ0v) is 12.2. The first kappa shape index (κ1) is 14.1. The minimum atomic E-state index is -0.236. The van der Waals surface area contributed by atoms with Gasteiger partial charge in [-0.25, -0.2) is 15.8 Å². The third kappa shape index (κ3) is 2.92. The van der Waals surface area contributed by atoms with Crippen LogP contribution in [0.2, 0.25) is 0 Å². The monoisotopic (exact) mass is 290 g/mol. The largest absolute Gasteiger partial charge is 0.369 e. The lowest BCUT2D eigenvalue weighted by Gasteiger charge is -2.38. The van der Waals surface area contributed by atoms with Crippen molar-refractivity contribution in [2.24, 2.45) is 17.5 Å². The Hall–Kier alpha value is -1.89. The van der Waals surface area contributed by atoms with E-state index >= 15 is 0 Å². The van der Waals surface area contributed by atoms with Crippen molar-refractivity contribution in [3.05, 3.63) is 11.9 Å². The number of rotatable bonds is 4. The van der Waals surface area contributed by atoms with E-state index in [-0.39, 0.29) is 11.8 Å². The van der Waals surface area contributed by atoms with Crippen LogP contribution in [0.15, 0.2) is 6.07 Å². The van der Waals surface area contributed by atoms with Crippen LogP contribution >= 0.6 is 0 Å². The molecule has 1 aromatic rings. The standard InChI is InChI=1S/C14H22N6O/c1-8-2-3-10(13(15)21)7-20(8)12-6-11(19-16)17-14(18-12)9-4-5-9/h6,8-10H,2-5,7,16H2,1H3,(H2,15,21)(H,17,18,19). The highest BCUT2D eigenvalue weighted by atomic mass is 16.1. The van der Waals surface area contributed by atoms with Crippen molar-refractivity contribution in [3.8, 4) is 0 Å². The number of nitrogen functional groups attached to an aromatic ring is 1. The van der Waals surface area contributed by atoms with Gasteiger partial charge in [0.2, 0.25) is 5.91 Å². The second kappa shape index (κ2) is 5.48. The second-order valence-electron chi connectivity index (χ2n) is 6.07. The number of aromatic nitrogens is 2. The average molecular weight is 290 g/mol. The summed E-state index contributed by atoms with van der Waals surface area (Å²) in [5, 5.41) is 0. The number of piperidine rings is 1. The van der Waals surface area contributed by atoms with E-state index in [1.807, 2.05) is 6.07 Å². The van der Waals surface area contributed by atoms with Gasteiger partial charge in [0.05, 0.1) is 5.92 Å². The summed E-state index contributed by atoms with van der Waals surface area (Å²) in [6, 6.07) is 2.17. The van der Waals surface area contributed by atoms with Crippen molar-refractivity contribution >= 4 is 17.5 Å². The lowest BCUT2D eigenvalue weighted by molar-refractivity contribution is -0.122. The van der Waals surface area contributed by atoms with Crippen molar-refractivity contribution in [3.63, 3.8) is 0 Å². The molecule has 0 radical (unpaired) electrons. The van der Waals surface area contributed by atoms with Crippen LogP contribution in [0.1, 0.15) is 44.3 Å². The van der Waals surface area contributed by atoms with Crippen molar-refractivity contribution in [2.75, 3.05) is 16.9 Å². The first-order valence-electron chi connectivity index (χ1n) is 7.50. The Morgan fingerprint density at radius 2 is 2.10 bits per heavy atom. The van der Waals surface area contributed by atoms with E-state index in [1.165, 1.54) is 0 Å². The maximum Gasteiger partial charge on any atom is 0.222 e. The molecule has 1 aromatic heterocycles. The molecule has 1 aliphatic carbocycles. The molecular formula is C14H22N6O. The van der Waals surface area contributed by atoms with Crippen LogP contribution in [0.25, 0.3) is 0 Å². The molecule has 0 bridgehead atoms. The Kier molecular flexibility index (Phi) is 3.67. The SMILES string of the molecule is CC1CCC(C(N)=O)CN1c1cc(NN)nc(C2CC2)n1. The van der Waals surface area contributed by atoms with Gasteiger partial charge in [0.1, 0.15) is 17.5 Å². The van der Waals surface area contributed by atoms with Crippen LogP contribution in [0.5, 0.6) is 0 Å². The number of nitrogens with one attached hydrogen (secondary N) is 1. The molecule has 2 heterocycles. The van der Waals surface area contributed by atoms with Gasteiger partial charge >= 0.3 is 0 Å². The van der Waals surface area contributed by atoms with Crippen LogP contribution in [-0.4, -0.2) is 28.5 Å². The molecule has 21 heavy (non-hydrogen) atoms. The minimum absolute atomic E-state index is 0.116. The summed E-state index contributed by atoms with van der Waals surface area (Å²) >= 11 is 0. The Labute approximate surface area is 124 Å². The number of carbonyl (C=O) groups is 1. The number of hydrogen-bond acceptors (Lipinski definition) is 6. The minimum Gasteiger partial charge on any atom is -0.369 e. The van der Waals surface area contributed by atoms with Gasteiger partial charge in [0.15, 0.2) is 0 Å². The Morgan fingerprint density at radius 3 is 2.71 bits per heavy atom. The van der Waals surface area contributed by atoms with Crippen molar-refractivity contribution in [1.82, 2.24) is 9.97 Å². The molecule has 7 heteroatoms. The van der Waals surface area contributed by atoms with Gasteiger partial charge in [-0.15, -0.1) is 0 Å². The summed E-state index contributed by atoms with van der Waals surface area (Å²) in [5.74, 6) is 7.91. The van der Waals surface area contributed by atoms with Crippen LogP contribution in [0.4, 0.5) is 11.6 Å². The molecule has 1 amide bonds. The number of anilines is 2. The number of primary amides is 1. The molecule has 2 unspecified atom stereocenters. The second-order valence-corrected chi connectivity index (χ2v) is 6.07. The number of amides is 1. The van der Waals surface area contributed by atoms with Gasteiger partial charge in [0.25, 0.3) is 0 Å². The molecule has 114 valence electrons. The number of nitrogens with two attached hydrogens (primary N) is 2. The van der Waals surface area contributed by atoms with E-state index in [9.17, 15) is 4.79 Å². The summed E-state index contributed by atoms with van der Waals surface area (Å²) in [5.41, 5.74) is 8.08. The summed E-state index contributed by atoms with van der Waals surface area (Å²) in [6.45, 7) is 2.76. The summed E-state index contributed by atoms with van der Waals surface area (Å²) < 4.78 is 0. The predicted octanol–water partition coefficient (Wildman–Crippen LogP) is 0.730. The molecule has 1 saturated carbocycles. The van der Waals surface area contributed by atoms with E-state index in [1.54, 1.807) is 0 Å². The van der Waals surface area contributed by atoms with Gasteiger partial charge in [0, 0.05) is 24.6 Å². The Morgan fingerprint density at radius 1 is 1.33 bits per heavy atom. The van der Waals surface area contributed by atoms with Gasteiger partial charge in [-0.2, -0.15) is 0 Å². The highest BCUT2D eigenvalue weighted by molar-refractivity contribution is 5.77. The van der Waals surface area contributed by atoms with E-state index in [2.05, 4.69) is 27.2 Å². The first-order chi connectivity index (χ1) is 10.1. The Balaban J connectivity index is 1.89. The van der Waals surface area contributed by atoms with Gasteiger partial charge in [-0.3, -0.25) is 4.79 Å². The third-order valence-corrected chi connectivity index (χ3v) is 4.40. The van der Waals surface area contributed by atoms with E-state index < -0.39 is 0 Å².